The lowest BCUT2D eigenvalue weighted by atomic mass is 10.0. The number of halogens is 1. The van der Waals surface area contributed by atoms with Crippen molar-refractivity contribution in [3.8, 4) is 0 Å². The van der Waals surface area contributed by atoms with E-state index in [-0.39, 0.29) is 36.4 Å². The summed E-state index contributed by atoms with van der Waals surface area (Å²) in [4.78, 5) is 20.0. The number of rotatable bonds is 5. The van der Waals surface area contributed by atoms with Gasteiger partial charge in [-0.1, -0.05) is 32.0 Å². The van der Waals surface area contributed by atoms with E-state index in [1.165, 1.54) is 21.6 Å². The number of aryl methyl sites for hydroxylation is 2. The van der Waals surface area contributed by atoms with Gasteiger partial charge in [0.05, 0.1) is 0 Å². The molecule has 0 radical (unpaired) electrons. The third-order valence-electron chi connectivity index (χ3n) is 4.80. The maximum absolute atomic E-state index is 12.5. The number of nitrogens with zero attached hydrogens (tertiary/aromatic N) is 2. The van der Waals surface area contributed by atoms with Crippen LogP contribution in [0.3, 0.4) is 0 Å². The molecule has 0 spiro atoms. The van der Waals surface area contributed by atoms with Crippen molar-refractivity contribution in [2.24, 2.45) is 10.7 Å². The zero-order valence-corrected chi connectivity index (χ0v) is 19.0. The van der Waals surface area contributed by atoms with Crippen LogP contribution >= 0.6 is 35.3 Å². The molecular weight excluding hydrogens is 471 g/mol. The Morgan fingerprint density at radius 2 is 1.96 bits per heavy atom. The quantitative estimate of drug-likeness (QED) is 0.374. The lowest BCUT2D eigenvalue weighted by Crippen LogP contribution is -2.37. The molecule has 1 aromatic carbocycles. The minimum atomic E-state index is 0. The van der Waals surface area contributed by atoms with Crippen molar-refractivity contribution in [1.82, 2.24) is 4.90 Å². The number of nitrogens with one attached hydrogen (secondary N) is 1. The first-order valence-corrected chi connectivity index (χ1v) is 10.0. The Labute approximate surface area is 182 Å². The van der Waals surface area contributed by atoms with E-state index in [9.17, 15) is 4.79 Å². The fourth-order valence-electron chi connectivity index (χ4n) is 3.28. The molecule has 0 saturated carbocycles. The number of hydrogen-bond donors (Lipinski definition) is 2. The summed E-state index contributed by atoms with van der Waals surface area (Å²) >= 11 is 1.77. The van der Waals surface area contributed by atoms with Gasteiger partial charge in [-0.2, -0.15) is 0 Å². The van der Waals surface area contributed by atoms with E-state index in [0.29, 0.717) is 12.5 Å². The number of hydrogen-bond acceptors (Lipinski definition) is 3. The molecule has 0 bridgehead atoms. The van der Waals surface area contributed by atoms with E-state index in [1.807, 2.05) is 4.90 Å². The summed E-state index contributed by atoms with van der Waals surface area (Å²) in [5.41, 5.74) is 10.7. The van der Waals surface area contributed by atoms with E-state index in [2.05, 4.69) is 53.8 Å². The third kappa shape index (κ3) is 5.22. The molecule has 5 nitrogen and oxygen atoms in total. The molecule has 0 atom stereocenters. The standard InChI is InChI=1S/C20H26N4OS.HI/c1-3-14-6-5-7-15(4-2)19(14)23-20(21)22-12-18(25)24-10-8-17-16(13-24)9-11-26-17;/h5-7,9,11H,3-4,8,10,12-13H2,1-2H3,(H3,21,22,23);1H. The van der Waals surface area contributed by atoms with Crippen molar-refractivity contribution < 1.29 is 4.79 Å². The van der Waals surface area contributed by atoms with Crippen molar-refractivity contribution in [1.29, 1.82) is 0 Å². The number of carbonyl (C=O) groups excluding carboxylic acids is 1. The lowest BCUT2D eigenvalue weighted by Gasteiger charge is -2.26. The zero-order chi connectivity index (χ0) is 18.5. The summed E-state index contributed by atoms with van der Waals surface area (Å²) in [5, 5.41) is 5.30. The second-order valence-electron chi connectivity index (χ2n) is 6.42. The monoisotopic (exact) mass is 498 g/mol. The van der Waals surface area contributed by atoms with Gasteiger partial charge in [0.15, 0.2) is 5.96 Å². The van der Waals surface area contributed by atoms with Crippen LogP contribution in [0.15, 0.2) is 34.6 Å². The van der Waals surface area contributed by atoms with Crippen LogP contribution in [0.4, 0.5) is 5.69 Å². The number of amides is 1. The second kappa shape index (κ2) is 10.1. The number of nitrogens with two attached hydrogens (primary N) is 1. The van der Waals surface area contributed by atoms with Gasteiger partial charge in [0.25, 0.3) is 0 Å². The summed E-state index contributed by atoms with van der Waals surface area (Å²) < 4.78 is 0. The van der Waals surface area contributed by atoms with Crippen LogP contribution in [-0.4, -0.2) is 29.9 Å². The average Bonchev–Trinajstić information content (AvgIpc) is 3.14. The van der Waals surface area contributed by atoms with Crippen LogP contribution in [0, 0.1) is 0 Å². The molecule has 0 saturated heterocycles. The van der Waals surface area contributed by atoms with Gasteiger partial charge in [-0.3, -0.25) is 4.79 Å². The van der Waals surface area contributed by atoms with Crippen molar-refractivity contribution >= 4 is 52.9 Å². The average molecular weight is 498 g/mol. The number of aliphatic imine (C=N–C) groups is 1. The smallest absolute Gasteiger partial charge is 0.244 e. The third-order valence-corrected chi connectivity index (χ3v) is 5.82. The molecule has 3 N–H and O–H groups in total. The predicted molar refractivity (Wildman–Crippen MR) is 124 cm³/mol. The highest BCUT2D eigenvalue weighted by molar-refractivity contribution is 14.0. The molecule has 2 heterocycles. The molecule has 146 valence electrons. The summed E-state index contributed by atoms with van der Waals surface area (Å²) in [6.45, 7) is 5.75. The largest absolute Gasteiger partial charge is 0.370 e. The Balaban J connectivity index is 0.00000261. The van der Waals surface area contributed by atoms with Gasteiger partial charge >= 0.3 is 0 Å². The molecule has 0 unspecified atom stereocenters. The SMILES string of the molecule is CCc1cccc(CC)c1NC(N)=NCC(=O)N1CCc2sccc2C1.I. The first-order chi connectivity index (χ1) is 12.6. The summed E-state index contributed by atoms with van der Waals surface area (Å²) in [5.74, 6) is 0.313. The van der Waals surface area contributed by atoms with Gasteiger partial charge in [0.1, 0.15) is 6.54 Å². The van der Waals surface area contributed by atoms with E-state index < -0.39 is 0 Å². The summed E-state index contributed by atoms with van der Waals surface area (Å²) in [6.07, 6.45) is 2.76. The number of benzene rings is 1. The van der Waals surface area contributed by atoms with E-state index in [4.69, 9.17) is 5.73 Å². The molecule has 7 heteroatoms. The Hall–Kier alpha value is -1.61. The number of fused-ring (bicyclic) bond motifs is 1. The Bertz CT molecular complexity index is 796. The van der Waals surface area contributed by atoms with Gasteiger partial charge in [-0.25, -0.2) is 4.99 Å². The van der Waals surface area contributed by atoms with Gasteiger partial charge in [-0.05, 0) is 47.4 Å². The number of carbonyl (C=O) groups is 1. The highest BCUT2D eigenvalue weighted by Gasteiger charge is 2.21. The van der Waals surface area contributed by atoms with Crippen LogP contribution in [0.2, 0.25) is 0 Å². The minimum Gasteiger partial charge on any atom is -0.370 e. The van der Waals surface area contributed by atoms with Crippen LogP contribution in [0.25, 0.3) is 0 Å². The molecule has 2 aromatic rings. The number of guanidine groups is 1. The first kappa shape index (κ1) is 21.7. The lowest BCUT2D eigenvalue weighted by molar-refractivity contribution is -0.130. The molecule has 3 rings (SSSR count). The van der Waals surface area contributed by atoms with Crippen LogP contribution in [0.5, 0.6) is 0 Å². The molecule has 1 aromatic heterocycles. The Morgan fingerprint density at radius 3 is 2.63 bits per heavy atom. The van der Waals surface area contributed by atoms with E-state index >= 15 is 0 Å². The molecule has 1 aliphatic rings. The first-order valence-electron chi connectivity index (χ1n) is 9.13. The van der Waals surface area contributed by atoms with Crippen LogP contribution in [-0.2, 0) is 30.6 Å². The molecule has 1 amide bonds. The Kier molecular flexibility index (Phi) is 8.09. The van der Waals surface area contributed by atoms with Crippen molar-refractivity contribution in [3.63, 3.8) is 0 Å². The number of thiophene rings is 1. The maximum Gasteiger partial charge on any atom is 0.244 e. The van der Waals surface area contributed by atoms with Crippen molar-refractivity contribution in [2.45, 2.75) is 39.7 Å². The van der Waals surface area contributed by atoms with Crippen LogP contribution in [0.1, 0.15) is 35.4 Å². The normalized spacial score (nSPS) is 13.7. The molecular formula is C20H27IN4OS. The van der Waals surface area contributed by atoms with Crippen molar-refractivity contribution in [2.75, 3.05) is 18.4 Å². The Morgan fingerprint density at radius 1 is 1.26 bits per heavy atom. The topological polar surface area (TPSA) is 70.7 Å². The van der Waals surface area contributed by atoms with Gasteiger partial charge in [0.2, 0.25) is 5.91 Å². The fourth-order valence-corrected chi connectivity index (χ4v) is 4.17. The molecule has 27 heavy (non-hydrogen) atoms. The molecule has 0 aliphatic carbocycles. The zero-order valence-electron chi connectivity index (χ0n) is 15.8. The van der Waals surface area contributed by atoms with E-state index in [0.717, 1.165) is 31.5 Å². The molecule has 0 fully saturated rings. The predicted octanol–water partition coefficient (Wildman–Crippen LogP) is 3.80. The minimum absolute atomic E-state index is 0. The van der Waals surface area contributed by atoms with Crippen molar-refractivity contribution in [3.05, 3.63) is 51.2 Å². The summed E-state index contributed by atoms with van der Waals surface area (Å²) in [6, 6.07) is 8.35. The van der Waals surface area contributed by atoms with Crippen LogP contribution < -0.4 is 11.1 Å². The summed E-state index contributed by atoms with van der Waals surface area (Å²) in [7, 11) is 0. The van der Waals surface area contributed by atoms with Gasteiger partial charge < -0.3 is 16.0 Å². The highest BCUT2D eigenvalue weighted by atomic mass is 127. The number of para-hydroxylation sites is 1. The van der Waals surface area contributed by atoms with Gasteiger partial charge in [0, 0.05) is 23.7 Å². The van der Waals surface area contributed by atoms with E-state index in [1.54, 1.807) is 11.3 Å². The second-order valence-corrected chi connectivity index (χ2v) is 7.42. The maximum atomic E-state index is 12.5. The fraction of sp³-hybridized carbons (Fsp3) is 0.400. The van der Waals surface area contributed by atoms with Gasteiger partial charge in [-0.15, -0.1) is 35.3 Å². The number of anilines is 1. The highest BCUT2D eigenvalue weighted by Crippen LogP contribution is 2.24. The molecule has 1 aliphatic heterocycles.